The van der Waals surface area contributed by atoms with Crippen molar-refractivity contribution in [3.05, 3.63) is 65.7 Å². The molecule has 0 saturated heterocycles. The summed E-state index contributed by atoms with van der Waals surface area (Å²) < 4.78 is 5.23. The smallest absolute Gasteiger partial charge is 0.275 e. The molecule has 4 heteroatoms. The molecule has 0 fully saturated rings. The lowest BCUT2D eigenvalue weighted by Crippen LogP contribution is -2.20. The molecule has 126 valence electrons. The molecule has 0 saturated carbocycles. The number of amides is 1. The summed E-state index contributed by atoms with van der Waals surface area (Å²) in [6.45, 7) is 2.17. The standard InChI is InChI=1S/C20H24N2O2/c1-3-4-6-14-18(16-11-7-5-8-12-16)21-22-20(23)17-13-9-10-15-19(17)24-2/h5,7-13,15H,3-4,6,14H2,1-2H3,(H,22,23). The zero-order valence-corrected chi connectivity index (χ0v) is 14.3. The van der Waals surface area contributed by atoms with Crippen molar-refractivity contribution < 1.29 is 9.53 Å². The molecule has 1 amide bonds. The topological polar surface area (TPSA) is 50.7 Å². The van der Waals surface area contributed by atoms with Crippen LogP contribution in [-0.2, 0) is 0 Å². The maximum atomic E-state index is 12.4. The quantitative estimate of drug-likeness (QED) is 0.444. The van der Waals surface area contributed by atoms with Gasteiger partial charge in [0.2, 0.25) is 0 Å². The van der Waals surface area contributed by atoms with E-state index in [4.69, 9.17) is 4.74 Å². The Kier molecular flexibility index (Phi) is 7.02. The number of ether oxygens (including phenoxy) is 1. The molecule has 0 radical (unpaired) electrons. The van der Waals surface area contributed by atoms with Gasteiger partial charge < -0.3 is 4.74 Å². The number of unbranched alkanes of at least 4 members (excludes halogenated alkanes) is 2. The van der Waals surface area contributed by atoms with Crippen LogP contribution in [0.4, 0.5) is 0 Å². The Bertz CT molecular complexity index is 681. The van der Waals surface area contributed by atoms with Gasteiger partial charge in [0.25, 0.3) is 5.91 Å². The van der Waals surface area contributed by atoms with Gasteiger partial charge in [-0.2, -0.15) is 5.10 Å². The molecule has 0 aliphatic carbocycles. The van der Waals surface area contributed by atoms with Gasteiger partial charge in [-0.3, -0.25) is 4.79 Å². The second-order valence-corrected chi connectivity index (χ2v) is 5.52. The number of hydrogen-bond donors (Lipinski definition) is 1. The van der Waals surface area contributed by atoms with Gasteiger partial charge in [-0.15, -0.1) is 0 Å². The van der Waals surface area contributed by atoms with E-state index in [1.165, 1.54) is 0 Å². The molecule has 0 aromatic heterocycles. The lowest BCUT2D eigenvalue weighted by atomic mass is 10.0. The van der Waals surface area contributed by atoms with Crippen molar-refractivity contribution >= 4 is 11.6 Å². The molecule has 0 spiro atoms. The fourth-order valence-electron chi connectivity index (χ4n) is 2.45. The number of carbonyl (C=O) groups is 1. The predicted octanol–water partition coefficient (Wildman–Crippen LogP) is 4.41. The highest BCUT2D eigenvalue weighted by molar-refractivity contribution is 6.02. The third-order valence-electron chi connectivity index (χ3n) is 3.77. The van der Waals surface area contributed by atoms with E-state index in [9.17, 15) is 4.79 Å². The monoisotopic (exact) mass is 324 g/mol. The first-order valence-corrected chi connectivity index (χ1v) is 8.31. The van der Waals surface area contributed by atoms with Crippen LogP contribution < -0.4 is 10.2 Å². The molecule has 2 aromatic rings. The summed E-state index contributed by atoms with van der Waals surface area (Å²) in [5, 5.41) is 4.38. The van der Waals surface area contributed by atoms with Crippen molar-refractivity contribution in [2.24, 2.45) is 5.10 Å². The highest BCUT2D eigenvalue weighted by atomic mass is 16.5. The summed E-state index contributed by atoms with van der Waals surface area (Å²) in [4.78, 5) is 12.4. The Labute approximate surface area is 143 Å². The Balaban J connectivity index is 2.15. The number of methoxy groups -OCH3 is 1. The molecule has 4 nitrogen and oxygen atoms in total. The van der Waals surface area contributed by atoms with E-state index in [0.717, 1.165) is 37.0 Å². The van der Waals surface area contributed by atoms with Gasteiger partial charge in [-0.25, -0.2) is 5.43 Å². The number of hydrogen-bond acceptors (Lipinski definition) is 3. The minimum atomic E-state index is -0.267. The normalized spacial score (nSPS) is 11.2. The molecular weight excluding hydrogens is 300 g/mol. The SMILES string of the molecule is CCCCCC(=NNC(=O)c1ccccc1OC)c1ccccc1. The van der Waals surface area contributed by atoms with Crippen LogP contribution in [0.15, 0.2) is 59.7 Å². The molecular formula is C20H24N2O2. The van der Waals surface area contributed by atoms with Crippen molar-refractivity contribution in [3.63, 3.8) is 0 Å². The van der Waals surface area contributed by atoms with Crippen molar-refractivity contribution in [2.75, 3.05) is 7.11 Å². The number of nitrogens with one attached hydrogen (secondary N) is 1. The maximum Gasteiger partial charge on any atom is 0.275 e. The van der Waals surface area contributed by atoms with Gasteiger partial charge in [0, 0.05) is 0 Å². The van der Waals surface area contributed by atoms with Gasteiger partial charge in [-0.1, -0.05) is 62.2 Å². The molecule has 24 heavy (non-hydrogen) atoms. The molecule has 0 aliphatic heterocycles. The zero-order chi connectivity index (χ0) is 17.2. The molecule has 0 atom stereocenters. The van der Waals surface area contributed by atoms with Crippen molar-refractivity contribution in [2.45, 2.75) is 32.6 Å². The van der Waals surface area contributed by atoms with Gasteiger partial charge in [0.15, 0.2) is 0 Å². The van der Waals surface area contributed by atoms with Crippen LogP contribution in [0, 0.1) is 0 Å². The third-order valence-corrected chi connectivity index (χ3v) is 3.77. The van der Waals surface area contributed by atoms with Gasteiger partial charge in [0.1, 0.15) is 5.75 Å². The predicted molar refractivity (Wildman–Crippen MR) is 97.6 cm³/mol. The first kappa shape index (κ1) is 17.7. The third kappa shape index (κ3) is 4.95. The minimum Gasteiger partial charge on any atom is -0.496 e. The first-order chi connectivity index (χ1) is 11.8. The summed E-state index contributed by atoms with van der Waals surface area (Å²) in [6.07, 6.45) is 4.18. The van der Waals surface area contributed by atoms with Crippen LogP contribution in [0.5, 0.6) is 5.75 Å². The molecule has 2 rings (SSSR count). The van der Waals surface area contributed by atoms with E-state index in [1.807, 2.05) is 36.4 Å². The van der Waals surface area contributed by atoms with E-state index >= 15 is 0 Å². The van der Waals surface area contributed by atoms with Crippen LogP contribution in [-0.4, -0.2) is 18.7 Å². The summed E-state index contributed by atoms with van der Waals surface area (Å²) >= 11 is 0. The van der Waals surface area contributed by atoms with Gasteiger partial charge >= 0.3 is 0 Å². The zero-order valence-electron chi connectivity index (χ0n) is 14.3. The second-order valence-electron chi connectivity index (χ2n) is 5.52. The molecule has 0 aliphatic rings. The summed E-state index contributed by atoms with van der Waals surface area (Å²) in [5.74, 6) is 0.272. The van der Waals surface area contributed by atoms with Crippen molar-refractivity contribution in [3.8, 4) is 5.75 Å². The van der Waals surface area contributed by atoms with E-state index < -0.39 is 0 Å². The van der Waals surface area contributed by atoms with E-state index in [0.29, 0.717) is 11.3 Å². The summed E-state index contributed by atoms with van der Waals surface area (Å²) in [6, 6.07) is 17.1. The Morgan fingerprint density at radius 1 is 1.04 bits per heavy atom. The van der Waals surface area contributed by atoms with E-state index in [1.54, 1.807) is 25.3 Å². The van der Waals surface area contributed by atoms with Crippen LogP contribution in [0.1, 0.15) is 48.5 Å². The number of hydrazone groups is 1. The van der Waals surface area contributed by atoms with Crippen molar-refractivity contribution in [1.29, 1.82) is 0 Å². The fourth-order valence-corrected chi connectivity index (χ4v) is 2.45. The number of benzene rings is 2. The minimum absolute atomic E-state index is 0.267. The lowest BCUT2D eigenvalue weighted by molar-refractivity contribution is 0.0951. The summed E-state index contributed by atoms with van der Waals surface area (Å²) in [5.41, 5.74) is 5.08. The van der Waals surface area contributed by atoms with E-state index in [2.05, 4.69) is 17.5 Å². The van der Waals surface area contributed by atoms with Crippen LogP contribution in [0.25, 0.3) is 0 Å². The summed E-state index contributed by atoms with van der Waals surface area (Å²) in [7, 11) is 1.55. The van der Waals surface area contributed by atoms with Crippen LogP contribution in [0.3, 0.4) is 0 Å². The van der Waals surface area contributed by atoms with Crippen LogP contribution in [0.2, 0.25) is 0 Å². The molecule has 1 N–H and O–H groups in total. The first-order valence-electron chi connectivity index (χ1n) is 8.31. The highest BCUT2D eigenvalue weighted by Crippen LogP contribution is 2.17. The molecule has 0 unspecified atom stereocenters. The van der Waals surface area contributed by atoms with Gasteiger partial charge in [-0.05, 0) is 30.5 Å². The Morgan fingerprint density at radius 2 is 1.75 bits per heavy atom. The Morgan fingerprint density at radius 3 is 2.46 bits per heavy atom. The molecule has 2 aromatic carbocycles. The highest BCUT2D eigenvalue weighted by Gasteiger charge is 2.11. The average molecular weight is 324 g/mol. The number of carbonyl (C=O) groups excluding carboxylic acids is 1. The number of rotatable bonds is 8. The van der Waals surface area contributed by atoms with Crippen molar-refractivity contribution in [1.82, 2.24) is 5.43 Å². The lowest BCUT2D eigenvalue weighted by Gasteiger charge is -2.09. The largest absolute Gasteiger partial charge is 0.496 e. The second kappa shape index (κ2) is 9.50. The van der Waals surface area contributed by atoms with Gasteiger partial charge in [0.05, 0.1) is 18.4 Å². The fraction of sp³-hybridized carbons (Fsp3) is 0.300. The van der Waals surface area contributed by atoms with Crippen LogP contribution >= 0.6 is 0 Å². The number of para-hydroxylation sites is 1. The molecule has 0 heterocycles. The maximum absolute atomic E-state index is 12.4. The Hall–Kier alpha value is -2.62. The number of nitrogens with zero attached hydrogens (tertiary/aromatic N) is 1. The molecule has 0 bridgehead atoms. The van der Waals surface area contributed by atoms with E-state index in [-0.39, 0.29) is 5.91 Å². The average Bonchev–Trinajstić information content (AvgIpc) is 2.65.